The molecule has 9 heteroatoms. The van der Waals surface area contributed by atoms with Gasteiger partial charge in [-0.2, -0.15) is 5.10 Å². The number of rotatable bonds is 7. The highest BCUT2D eigenvalue weighted by Gasteiger charge is 2.26. The van der Waals surface area contributed by atoms with E-state index in [-0.39, 0.29) is 12.3 Å². The maximum Gasteiger partial charge on any atom is 0.341 e. The van der Waals surface area contributed by atoms with Gasteiger partial charge in [0, 0.05) is 17.5 Å². The van der Waals surface area contributed by atoms with Crippen molar-refractivity contribution in [3.63, 3.8) is 0 Å². The van der Waals surface area contributed by atoms with Crippen molar-refractivity contribution in [2.24, 2.45) is 0 Å². The zero-order valence-electron chi connectivity index (χ0n) is 17.1. The second kappa shape index (κ2) is 9.32. The Labute approximate surface area is 183 Å². The summed E-state index contributed by atoms with van der Waals surface area (Å²) in [6, 6.07) is 7.31. The molecule has 0 aliphatic carbocycles. The molecular formula is C21H22ClN3O4S. The fourth-order valence-electron chi connectivity index (χ4n) is 3.01. The first-order chi connectivity index (χ1) is 14.4. The number of nitrogens with zero attached hydrogens (tertiary/aromatic N) is 2. The molecular weight excluding hydrogens is 426 g/mol. The highest BCUT2D eigenvalue weighted by atomic mass is 35.5. The number of ether oxygens (including phenoxy) is 2. The van der Waals surface area contributed by atoms with Gasteiger partial charge in [-0.05, 0) is 38.5 Å². The van der Waals surface area contributed by atoms with Crippen LogP contribution in [0, 0.1) is 6.92 Å². The lowest BCUT2D eigenvalue weighted by Crippen LogP contribution is -2.19. The predicted molar refractivity (Wildman–Crippen MR) is 118 cm³/mol. The molecule has 158 valence electrons. The molecule has 2 aromatic heterocycles. The van der Waals surface area contributed by atoms with Gasteiger partial charge < -0.3 is 14.8 Å². The molecule has 7 nitrogen and oxygen atoms in total. The van der Waals surface area contributed by atoms with Crippen LogP contribution in [-0.2, 0) is 11.3 Å². The standard InChI is InChI=1S/C21H22ClN3O4S/c1-5-25-18(17(22)12(3)24-25)19(26)23-20-16(21(27)29-6-2)15(11-30-20)13-7-9-14(28-4)10-8-13/h7-11H,5-6H2,1-4H3,(H,23,26). The first-order valence-corrected chi connectivity index (χ1v) is 10.6. The van der Waals surface area contributed by atoms with Crippen LogP contribution in [0.2, 0.25) is 5.02 Å². The van der Waals surface area contributed by atoms with Crippen molar-refractivity contribution in [1.82, 2.24) is 9.78 Å². The molecule has 0 bridgehead atoms. The number of esters is 1. The van der Waals surface area contributed by atoms with Crippen molar-refractivity contribution in [2.45, 2.75) is 27.3 Å². The van der Waals surface area contributed by atoms with Crippen LogP contribution in [0.3, 0.4) is 0 Å². The Morgan fingerprint density at radius 3 is 2.53 bits per heavy atom. The molecule has 0 spiro atoms. The maximum atomic E-state index is 13.0. The van der Waals surface area contributed by atoms with E-state index in [1.165, 1.54) is 16.0 Å². The summed E-state index contributed by atoms with van der Waals surface area (Å²) in [5.41, 5.74) is 2.60. The molecule has 0 atom stereocenters. The SMILES string of the molecule is CCOC(=O)c1c(-c2ccc(OC)cc2)csc1NC(=O)c1c(Cl)c(C)nn1CC. The van der Waals surface area contributed by atoms with E-state index >= 15 is 0 Å². The molecule has 30 heavy (non-hydrogen) atoms. The molecule has 0 saturated carbocycles. The van der Waals surface area contributed by atoms with E-state index in [0.717, 1.165) is 5.56 Å². The monoisotopic (exact) mass is 447 g/mol. The Balaban J connectivity index is 2.01. The molecule has 1 N–H and O–H groups in total. The number of amides is 1. The van der Waals surface area contributed by atoms with Gasteiger partial charge in [-0.25, -0.2) is 4.79 Å². The Hall–Kier alpha value is -2.84. The molecule has 1 amide bonds. The zero-order valence-corrected chi connectivity index (χ0v) is 18.7. The summed E-state index contributed by atoms with van der Waals surface area (Å²) in [7, 11) is 1.59. The highest BCUT2D eigenvalue weighted by molar-refractivity contribution is 7.15. The van der Waals surface area contributed by atoms with Gasteiger partial charge >= 0.3 is 5.97 Å². The lowest BCUT2D eigenvalue weighted by Gasteiger charge is -2.10. The van der Waals surface area contributed by atoms with Crippen molar-refractivity contribution >= 4 is 39.8 Å². The number of aryl methyl sites for hydroxylation is 2. The highest BCUT2D eigenvalue weighted by Crippen LogP contribution is 2.37. The van der Waals surface area contributed by atoms with Gasteiger partial charge in [0.1, 0.15) is 22.0 Å². The average molecular weight is 448 g/mol. The van der Waals surface area contributed by atoms with Crippen LogP contribution in [0.25, 0.3) is 11.1 Å². The largest absolute Gasteiger partial charge is 0.497 e. The minimum atomic E-state index is -0.508. The van der Waals surface area contributed by atoms with Crippen molar-refractivity contribution < 1.29 is 19.1 Å². The van der Waals surface area contributed by atoms with Gasteiger partial charge in [0.25, 0.3) is 5.91 Å². The second-order valence-corrected chi connectivity index (χ2v) is 7.58. The van der Waals surface area contributed by atoms with Crippen LogP contribution < -0.4 is 10.1 Å². The first-order valence-electron chi connectivity index (χ1n) is 9.38. The Kier molecular flexibility index (Phi) is 6.79. The van der Waals surface area contributed by atoms with Crippen molar-refractivity contribution in [3.8, 4) is 16.9 Å². The number of thiophene rings is 1. The van der Waals surface area contributed by atoms with Crippen LogP contribution in [0.1, 0.15) is 40.4 Å². The topological polar surface area (TPSA) is 82.4 Å². The summed E-state index contributed by atoms with van der Waals surface area (Å²) >= 11 is 7.54. The number of methoxy groups -OCH3 is 1. The molecule has 0 unspecified atom stereocenters. The number of hydrogen-bond acceptors (Lipinski definition) is 6. The zero-order chi connectivity index (χ0) is 21.8. The molecule has 1 aromatic carbocycles. The summed E-state index contributed by atoms with van der Waals surface area (Å²) in [5, 5.41) is 9.58. The van der Waals surface area contributed by atoms with E-state index in [0.29, 0.717) is 39.1 Å². The third kappa shape index (κ3) is 4.20. The molecule has 0 aliphatic heterocycles. The van der Waals surface area contributed by atoms with E-state index in [4.69, 9.17) is 21.1 Å². The van der Waals surface area contributed by atoms with Gasteiger partial charge in [-0.1, -0.05) is 23.7 Å². The Morgan fingerprint density at radius 2 is 1.93 bits per heavy atom. The van der Waals surface area contributed by atoms with Crippen LogP contribution >= 0.6 is 22.9 Å². The van der Waals surface area contributed by atoms with Crippen LogP contribution in [-0.4, -0.2) is 35.4 Å². The van der Waals surface area contributed by atoms with Crippen LogP contribution in [0.5, 0.6) is 5.75 Å². The molecule has 0 aliphatic rings. The van der Waals surface area contributed by atoms with Crippen LogP contribution in [0.15, 0.2) is 29.6 Å². The number of aromatic nitrogens is 2. The maximum absolute atomic E-state index is 13.0. The molecule has 3 aromatic rings. The van der Waals surface area contributed by atoms with Crippen molar-refractivity contribution in [3.05, 3.63) is 51.6 Å². The van der Waals surface area contributed by atoms with E-state index in [9.17, 15) is 9.59 Å². The smallest absolute Gasteiger partial charge is 0.341 e. The number of anilines is 1. The van der Waals surface area contributed by atoms with Crippen molar-refractivity contribution in [1.29, 1.82) is 0 Å². The molecule has 0 saturated heterocycles. The molecule has 3 rings (SSSR count). The molecule has 2 heterocycles. The minimum absolute atomic E-state index is 0.220. The third-order valence-electron chi connectivity index (χ3n) is 4.47. The van der Waals surface area contributed by atoms with E-state index in [1.54, 1.807) is 21.0 Å². The van der Waals surface area contributed by atoms with Crippen molar-refractivity contribution in [2.75, 3.05) is 19.0 Å². The lowest BCUT2D eigenvalue weighted by molar-refractivity contribution is 0.0529. The van der Waals surface area contributed by atoms with Crippen LogP contribution in [0.4, 0.5) is 5.00 Å². The predicted octanol–water partition coefficient (Wildman–Crippen LogP) is 5.03. The van der Waals surface area contributed by atoms with Gasteiger partial charge in [0.05, 0.1) is 24.4 Å². The van der Waals surface area contributed by atoms with E-state index < -0.39 is 11.9 Å². The van der Waals surface area contributed by atoms with Gasteiger partial charge in [-0.15, -0.1) is 11.3 Å². The number of nitrogens with one attached hydrogen (secondary N) is 1. The lowest BCUT2D eigenvalue weighted by atomic mass is 10.0. The van der Waals surface area contributed by atoms with E-state index in [1.807, 2.05) is 36.6 Å². The Morgan fingerprint density at radius 1 is 1.23 bits per heavy atom. The summed E-state index contributed by atoms with van der Waals surface area (Å²) in [4.78, 5) is 25.7. The fraction of sp³-hybridized carbons (Fsp3) is 0.286. The summed E-state index contributed by atoms with van der Waals surface area (Å²) in [6.07, 6.45) is 0. The van der Waals surface area contributed by atoms with E-state index in [2.05, 4.69) is 10.4 Å². The quantitative estimate of drug-likeness (QED) is 0.513. The Bertz CT molecular complexity index is 1070. The fourth-order valence-corrected chi connectivity index (χ4v) is 4.18. The van der Waals surface area contributed by atoms with Gasteiger partial charge in [0.2, 0.25) is 0 Å². The number of benzene rings is 1. The van der Waals surface area contributed by atoms with Gasteiger partial charge in [0.15, 0.2) is 0 Å². The third-order valence-corrected chi connectivity index (χ3v) is 5.82. The number of hydrogen-bond donors (Lipinski definition) is 1. The number of halogens is 1. The summed E-state index contributed by atoms with van der Waals surface area (Å²) in [6.45, 7) is 6.05. The number of carbonyl (C=O) groups excluding carboxylic acids is 2. The van der Waals surface area contributed by atoms with Gasteiger partial charge in [-0.3, -0.25) is 9.48 Å². The normalized spacial score (nSPS) is 10.7. The average Bonchev–Trinajstić information content (AvgIpc) is 3.28. The first kappa shape index (κ1) is 21.9. The molecule has 0 fully saturated rings. The number of carbonyl (C=O) groups is 2. The minimum Gasteiger partial charge on any atom is -0.497 e. The summed E-state index contributed by atoms with van der Waals surface area (Å²) in [5.74, 6) is -0.236. The summed E-state index contributed by atoms with van der Waals surface area (Å²) < 4.78 is 12.0. The second-order valence-electron chi connectivity index (χ2n) is 6.32. The molecule has 0 radical (unpaired) electrons.